The van der Waals surface area contributed by atoms with Crippen molar-refractivity contribution >= 4 is 0 Å². The van der Waals surface area contributed by atoms with E-state index in [-0.39, 0.29) is 0 Å². The zero-order valence-corrected chi connectivity index (χ0v) is 6.77. The molecule has 3 atom stereocenters. The molecule has 0 bridgehead atoms. The Labute approximate surface area is 63.0 Å². The van der Waals surface area contributed by atoms with Gasteiger partial charge in [0, 0.05) is 0 Å². The minimum atomic E-state index is 0.745. The van der Waals surface area contributed by atoms with Crippen molar-refractivity contribution in [1.82, 2.24) is 0 Å². The predicted octanol–water partition coefficient (Wildman–Crippen LogP) is 1.77. The van der Waals surface area contributed by atoms with Crippen LogP contribution in [0.4, 0.5) is 0 Å². The highest BCUT2D eigenvalue weighted by Gasteiger charge is 2.57. The summed E-state index contributed by atoms with van der Waals surface area (Å²) in [6.45, 7) is 3.32. The third-order valence-electron chi connectivity index (χ3n) is 3.80. The predicted molar refractivity (Wildman–Crippen MR) is 42.6 cm³/mol. The summed E-state index contributed by atoms with van der Waals surface area (Å²) in [4.78, 5) is 0. The molecule has 1 heteroatoms. The molecular weight excluding hydrogens is 122 g/mol. The molecule has 0 radical (unpaired) electrons. The van der Waals surface area contributed by atoms with E-state index in [2.05, 4.69) is 6.92 Å². The summed E-state index contributed by atoms with van der Waals surface area (Å²) < 4.78 is 0. The summed E-state index contributed by atoms with van der Waals surface area (Å²) in [5, 5.41) is 0. The first-order valence-electron chi connectivity index (χ1n) is 4.49. The average molecular weight is 139 g/mol. The lowest BCUT2D eigenvalue weighted by atomic mass is 9.91. The molecule has 10 heavy (non-hydrogen) atoms. The van der Waals surface area contributed by atoms with Crippen LogP contribution in [0.15, 0.2) is 0 Å². The summed E-state index contributed by atoms with van der Waals surface area (Å²) >= 11 is 0. The number of hydrogen-bond donors (Lipinski definition) is 1. The molecule has 0 heterocycles. The second-order valence-electron chi connectivity index (χ2n) is 4.16. The highest BCUT2D eigenvalue weighted by molar-refractivity contribution is 5.07. The van der Waals surface area contributed by atoms with E-state index in [0.29, 0.717) is 0 Å². The highest BCUT2D eigenvalue weighted by Crippen LogP contribution is 2.65. The minimum Gasteiger partial charge on any atom is -0.330 e. The van der Waals surface area contributed by atoms with Crippen LogP contribution in [0.3, 0.4) is 0 Å². The molecule has 1 spiro atoms. The molecule has 0 aromatic carbocycles. The van der Waals surface area contributed by atoms with Crippen LogP contribution in [-0.4, -0.2) is 6.54 Å². The Morgan fingerprint density at radius 1 is 1.60 bits per heavy atom. The van der Waals surface area contributed by atoms with Crippen LogP contribution in [0.25, 0.3) is 0 Å². The molecular formula is C9H17N. The Kier molecular flexibility index (Phi) is 1.31. The van der Waals surface area contributed by atoms with E-state index in [0.717, 1.165) is 23.8 Å². The fourth-order valence-corrected chi connectivity index (χ4v) is 2.95. The van der Waals surface area contributed by atoms with Gasteiger partial charge in [-0.3, -0.25) is 0 Å². The van der Waals surface area contributed by atoms with Crippen molar-refractivity contribution in [3.8, 4) is 0 Å². The van der Waals surface area contributed by atoms with Gasteiger partial charge in [0.1, 0.15) is 0 Å². The zero-order chi connectivity index (χ0) is 7.19. The molecule has 2 fully saturated rings. The van der Waals surface area contributed by atoms with Gasteiger partial charge in [-0.05, 0) is 43.1 Å². The van der Waals surface area contributed by atoms with Gasteiger partial charge < -0.3 is 5.73 Å². The molecule has 2 aliphatic carbocycles. The van der Waals surface area contributed by atoms with Gasteiger partial charge in [-0.25, -0.2) is 0 Å². The number of nitrogens with two attached hydrogens (primary N) is 1. The van der Waals surface area contributed by atoms with Gasteiger partial charge in [0.05, 0.1) is 0 Å². The molecule has 2 N–H and O–H groups in total. The van der Waals surface area contributed by atoms with E-state index >= 15 is 0 Å². The summed E-state index contributed by atoms with van der Waals surface area (Å²) in [5.41, 5.74) is 6.46. The van der Waals surface area contributed by atoms with Gasteiger partial charge in [-0.1, -0.05) is 13.3 Å². The first-order chi connectivity index (χ1) is 4.79. The molecule has 2 saturated carbocycles. The fourth-order valence-electron chi connectivity index (χ4n) is 2.95. The normalized spacial score (nSPS) is 52.2. The van der Waals surface area contributed by atoms with Gasteiger partial charge in [-0.15, -0.1) is 0 Å². The van der Waals surface area contributed by atoms with Crippen molar-refractivity contribution in [2.45, 2.75) is 32.6 Å². The van der Waals surface area contributed by atoms with E-state index in [1.165, 1.54) is 25.7 Å². The van der Waals surface area contributed by atoms with Crippen LogP contribution < -0.4 is 5.73 Å². The van der Waals surface area contributed by atoms with E-state index in [1.807, 2.05) is 0 Å². The van der Waals surface area contributed by atoms with Crippen LogP contribution in [-0.2, 0) is 0 Å². The number of hydrogen-bond acceptors (Lipinski definition) is 1. The molecule has 2 rings (SSSR count). The molecule has 2 aliphatic rings. The molecule has 0 amide bonds. The highest BCUT2D eigenvalue weighted by atomic mass is 14.7. The summed E-state index contributed by atoms with van der Waals surface area (Å²) in [5.74, 6) is 1.87. The average Bonchev–Trinajstić information content (AvgIpc) is 2.45. The molecule has 0 aliphatic heterocycles. The first-order valence-corrected chi connectivity index (χ1v) is 4.49. The fraction of sp³-hybridized carbons (Fsp3) is 1.00. The Bertz CT molecular complexity index is 144. The lowest BCUT2D eigenvalue weighted by Gasteiger charge is -2.16. The first kappa shape index (κ1) is 6.66. The lowest BCUT2D eigenvalue weighted by molar-refractivity contribution is 0.345. The Balaban J connectivity index is 2.08. The van der Waals surface area contributed by atoms with Crippen molar-refractivity contribution in [2.24, 2.45) is 23.0 Å². The Hall–Kier alpha value is -0.0400. The number of rotatable bonds is 1. The lowest BCUT2D eigenvalue weighted by Crippen LogP contribution is -2.20. The van der Waals surface area contributed by atoms with Gasteiger partial charge in [0.15, 0.2) is 0 Å². The molecule has 0 aromatic heterocycles. The van der Waals surface area contributed by atoms with Gasteiger partial charge >= 0.3 is 0 Å². The van der Waals surface area contributed by atoms with Crippen LogP contribution in [0.5, 0.6) is 0 Å². The minimum absolute atomic E-state index is 0.745. The van der Waals surface area contributed by atoms with E-state index in [9.17, 15) is 0 Å². The SMILES string of the molecule is CC1CC12CCCC2CN. The summed E-state index contributed by atoms with van der Waals surface area (Å²) in [7, 11) is 0. The van der Waals surface area contributed by atoms with Crippen LogP contribution in [0.2, 0.25) is 0 Å². The standard InChI is InChI=1S/C9H17N/c1-7-5-9(7)4-2-3-8(9)6-10/h7-8H,2-6,10H2,1H3. The second kappa shape index (κ2) is 1.97. The van der Waals surface area contributed by atoms with Crippen LogP contribution >= 0.6 is 0 Å². The zero-order valence-electron chi connectivity index (χ0n) is 6.77. The van der Waals surface area contributed by atoms with Gasteiger partial charge in [0.25, 0.3) is 0 Å². The largest absolute Gasteiger partial charge is 0.330 e. The summed E-state index contributed by atoms with van der Waals surface area (Å²) in [6.07, 6.45) is 5.78. The summed E-state index contributed by atoms with van der Waals surface area (Å²) in [6, 6.07) is 0. The molecule has 1 nitrogen and oxygen atoms in total. The van der Waals surface area contributed by atoms with E-state index < -0.39 is 0 Å². The van der Waals surface area contributed by atoms with Crippen molar-refractivity contribution in [2.75, 3.05) is 6.54 Å². The third-order valence-corrected chi connectivity index (χ3v) is 3.80. The third kappa shape index (κ3) is 0.672. The van der Waals surface area contributed by atoms with Crippen LogP contribution in [0, 0.1) is 17.3 Å². The topological polar surface area (TPSA) is 26.0 Å². The molecule has 0 saturated heterocycles. The smallest absolute Gasteiger partial charge is 0.00435 e. The maximum absolute atomic E-state index is 5.71. The monoisotopic (exact) mass is 139 g/mol. The maximum Gasteiger partial charge on any atom is -0.00435 e. The van der Waals surface area contributed by atoms with Crippen molar-refractivity contribution in [1.29, 1.82) is 0 Å². The quantitative estimate of drug-likeness (QED) is 0.588. The van der Waals surface area contributed by atoms with Gasteiger partial charge in [-0.2, -0.15) is 0 Å². The molecule has 3 unspecified atom stereocenters. The maximum atomic E-state index is 5.71. The van der Waals surface area contributed by atoms with Gasteiger partial charge in [0.2, 0.25) is 0 Å². The van der Waals surface area contributed by atoms with Crippen molar-refractivity contribution < 1.29 is 0 Å². The Morgan fingerprint density at radius 3 is 2.70 bits per heavy atom. The second-order valence-corrected chi connectivity index (χ2v) is 4.16. The van der Waals surface area contributed by atoms with Crippen molar-refractivity contribution in [3.05, 3.63) is 0 Å². The van der Waals surface area contributed by atoms with E-state index in [1.54, 1.807) is 0 Å². The van der Waals surface area contributed by atoms with Crippen LogP contribution in [0.1, 0.15) is 32.6 Å². The Morgan fingerprint density at radius 2 is 2.30 bits per heavy atom. The van der Waals surface area contributed by atoms with E-state index in [4.69, 9.17) is 5.73 Å². The molecule has 0 aromatic rings. The van der Waals surface area contributed by atoms with Crippen molar-refractivity contribution in [3.63, 3.8) is 0 Å². The molecule has 58 valence electrons.